The molecule has 0 bridgehead atoms. The minimum atomic E-state index is 0.169. The second-order valence-electron chi connectivity index (χ2n) is 5.92. The normalized spacial score (nSPS) is 19.3. The van der Waals surface area contributed by atoms with Crippen molar-refractivity contribution in [1.82, 2.24) is 19.4 Å². The van der Waals surface area contributed by atoms with E-state index < -0.39 is 0 Å². The highest BCUT2D eigenvalue weighted by molar-refractivity contribution is 7.12. The van der Waals surface area contributed by atoms with Gasteiger partial charge in [0.25, 0.3) is 5.91 Å². The van der Waals surface area contributed by atoms with Crippen LogP contribution < -0.4 is 0 Å². The Kier molecular flexibility index (Phi) is 4.82. The van der Waals surface area contributed by atoms with Gasteiger partial charge in [-0.1, -0.05) is 13.8 Å². The van der Waals surface area contributed by atoms with Crippen LogP contribution in [0.2, 0.25) is 0 Å². The minimum Gasteiger partial charge on any atom is -0.337 e. The molecule has 0 aliphatic carbocycles. The molecule has 1 atom stereocenters. The van der Waals surface area contributed by atoms with Gasteiger partial charge in [0.1, 0.15) is 5.82 Å². The number of amides is 1. The highest BCUT2D eigenvalue weighted by Gasteiger charge is 2.33. The summed E-state index contributed by atoms with van der Waals surface area (Å²) in [6.45, 7) is 7.63. The Morgan fingerprint density at radius 1 is 1.39 bits per heavy atom. The number of carbonyl (C=O) groups excluding carboxylic acids is 1. The number of aryl methyl sites for hydroxylation is 2. The third-order valence-electron chi connectivity index (χ3n) is 4.66. The first-order valence-electron chi connectivity index (χ1n) is 8.22. The molecule has 124 valence electrons. The molecule has 5 nitrogen and oxygen atoms in total. The van der Waals surface area contributed by atoms with E-state index in [4.69, 9.17) is 0 Å². The standard InChI is InChI=1S/C17H24N4OS/c1-4-13-6-11-23-15(13)17(22)21-10-9-20(5-2)14(12-21)16-18-7-8-19(16)3/h6-8,11,14H,4-5,9-10,12H2,1-3H3. The Morgan fingerprint density at radius 3 is 2.87 bits per heavy atom. The van der Waals surface area contributed by atoms with Crippen LogP contribution in [0.3, 0.4) is 0 Å². The highest BCUT2D eigenvalue weighted by Crippen LogP contribution is 2.27. The third-order valence-corrected chi connectivity index (χ3v) is 5.61. The van der Waals surface area contributed by atoms with Crippen LogP contribution >= 0.6 is 11.3 Å². The SMILES string of the molecule is CCc1ccsc1C(=O)N1CCN(CC)C(c2nccn2C)C1. The van der Waals surface area contributed by atoms with Crippen LogP contribution in [0.1, 0.15) is 40.9 Å². The number of hydrogen-bond donors (Lipinski definition) is 0. The first-order valence-corrected chi connectivity index (χ1v) is 9.10. The van der Waals surface area contributed by atoms with E-state index in [1.165, 1.54) is 0 Å². The molecule has 1 saturated heterocycles. The maximum atomic E-state index is 12.9. The van der Waals surface area contributed by atoms with Crippen LogP contribution in [-0.4, -0.2) is 51.4 Å². The smallest absolute Gasteiger partial charge is 0.264 e. The predicted molar refractivity (Wildman–Crippen MR) is 92.8 cm³/mol. The Bertz CT molecular complexity index is 678. The molecule has 6 heteroatoms. The fraction of sp³-hybridized carbons (Fsp3) is 0.529. The largest absolute Gasteiger partial charge is 0.337 e. The van der Waals surface area contributed by atoms with E-state index in [2.05, 4.69) is 34.4 Å². The van der Waals surface area contributed by atoms with Gasteiger partial charge in [0, 0.05) is 39.1 Å². The average Bonchev–Trinajstić information content (AvgIpc) is 3.22. The van der Waals surface area contributed by atoms with Crippen molar-refractivity contribution in [2.24, 2.45) is 7.05 Å². The van der Waals surface area contributed by atoms with Gasteiger partial charge in [-0.05, 0) is 30.0 Å². The summed E-state index contributed by atoms with van der Waals surface area (Å²) in [7, 11) is 2.02. The number of thiophene rings is 1. The monoisotopic (exact) mass is 332 g/mol. The second kappa shape index (κ2) is 6.84. The van der Waals surface area contributed by atoms with Gasteiger partial charge < -0.3 is 9.47 Å². The number of imidazole rings is 1. The van der Waals surface area contributed by atoms with Crippen LogP contribution in [0.15, 0.2) is 23.8 Å². The summed E-state index contributed by atoms with van der Waals surface area (Å²) in [5, 5.41) is 2.02. The predicted octanol–water partition coefficient (Wildman–Crippen LogP) is 2.56. The second-order valence-corrected chi connectivity index (χ2v) is 6.84. The lowest BCUT2D eigenvalue weighted by Crippen LogP contribution is -2.50. The molecule has 0 saturated carbocycles. The van der Waals surface area contributed by atoms with Crippen molar-refractivity contribution in [2.45, 2.75) is 26.3 Å². The molecule has 3 rings (SSSR count). The fourth-order valence-corrected chi connectivity index (χ4v) is 4.23. The molecule has 1 fully saturated rings. The molecule has 1 unspecified atom stereocenters. The molecule has 0 radical (unpaired) electrons. The lowest BCUT2D eigenvalue weighted by atomic mass is 10.1. The van der Waals surface area contributed by atoms with Crippen LogP contribution in [0.4, 0.5) is 0 Å². The number of hydrogen-bond acceptors (Lipinski definition) is 4. The maximum absolute atomic E-state index is 12.9. The van der Waals surface area contributed by atoms with Crippen LogP contribution in [-0.2, 0) is 13.5 Å². The van der Waals surface area contributed by atoms with E-state index >= 15 is 0 Å². The summed E-state index contributed by atoms with van der Waals surface area (Å²) in [5.74, 6) is 1.21. The molecular formula is C17H24N4OS. The minimum absolute atomic E-state index is 0.169. The van der Waals surface area contributed by atoms with E-state index in [1.54, 1.807) is 11.3 Å². The van der Waals surface area contributed by atoms with Gasteiger partial charge in [0.15, 0.2) is 0 Å². The van der Waals surface area contributed by atoms with E-state index in [0.717, 1.165) is 42.3 Å². The Balaban J connectivity index is 1.83. The van der Waals surface area contributed by atoms with Gasteiger partial charge in [0.2, 0.25) is 0 Å². The van der Waals surface area contributed by atoms with Crippen molar-refractivity contribution in [2.75, 3.05) is 26.2 Å². The zero-order valence-electron chi connectivity index (χ0n) is 14.0. The molecule has 2 aromatic heterocycles. The summed E-state index contributed by atoms with van der Waals surface area (Å²) in [6, 6.07) is 2.24. The van der Waals surface area contributed by atoms with Crippen molar-refractivity contribution >= 4 is 17.2 Å². The van der Waals surface area contributed by atoms with Crippen LogP contribution in [0, 0.1) is 0 Å². The lowest BCUT2D eigenvalue weighted by molar-refractivity contribution is 0.0476. The molecule has 1 amide bonds. The summed E-state index contributed by atoms with van der Waals surface area (Å²) >= 11 is 1.56. The molecule has 0 spiro atoms. The number of likely N-dealkylation sites (N-methyl/N-ethyl adjacent to an activating group) is 1. The van der Waals surface area contributed by atoms with E-state index in [-0.39, 0.29) is 11.9 Å². The Labute approximate surface area is 141 Å². The number of carbonyl (C=O) groups is 1. The quantitative estimate of drug-likeness (QED) is 0.864. The number of rotatable bonds is 4. The van der Waals surface area contributed by atoms with Crippen molar-refractivity contribution in [3.8, 4) is 0 Å². The topological polar surface area (TPSA) is 41.4 Å². The summed E-state index contributed by atoms with van der Waals surface area (Å²) in [6.07, 6.45) is 4.71. The van der Waals surface area contributed by atoms with E-state index in [9.17, 15) is 4.79 Å². The van der Waals surface area contributed by atoms with E-state index in [1.807, 2.05) is 29.7 Å². The van der Waals surface area contributed by atoms with Gasteiger partial charge in [0.05, 0.1) is 10.9 Å². The summed E-state index contributed by atoms with van der Waals surface area (Å²) in [4.78, 5) is 22.7. The van der Waals surface area contributed by atoms with Gasteiger partial charge in [-0.15, -0.1) is 11.3 Å². The number of aromatic nitrogens is 2. The molecule has 0 aromatic carbocycles. The molecule has 1 aliphatic heterocycles. The third kappa shape index (κ3) is 3.05. The lowest BCUT2D eigenvalue weighted by Gasteiger charge is -2.40. The van der Waals surface area contributed by atoms with Crippen molar-refractivity contribution < 1.29 is 4.79 Å². The van der Waals surface area contributed by atoms with Gasteiger partial charge in [-0.2, -0.15) is 0 Å². The average molecular weight is 332 g/mol. The molecule has 2 aromatic rings. The summed E-state index contributed by atoms with van der Waals surface area (Å²) in [5.41, 5.74) is 1.16. The molecule has 0 N–H and O–H groups in total. The van der Waals surface area contributed by atoms with Gasteiger partial charge in [-0.25, -0.2) is 4.98 Å². The van der Waals surface area contributed by atoms with Crippen LogP contribution in [0.5, 0.6) is 0 Å². The zero-order chi connectivity index (χ0) is 16.4. The molecular weight excluding hydrogens is 308 g/mol. The first-order chi connectivity index (χ1) is 11.2. The van der Waals surface area contributed by atoms with Gasteiger partial charge >= 0.3 is 0 Å². The first kappa shape index (κ1) is 16.2. The molecule has 1 aliphatic rings. The zero-order valence-corrected chi connectivity index (χ0v) is 14.8. The maximum Gasteiger partial charge on any atom is 0.264 e. The van der Waals surface area contributed by atoms with Crippen molar-refractivity contribution in [3.05, 3.63) is 40.1 Å². The number of piperazine rings is 1. The van der Waals surface area contributed by atoms with E-state index in [0.29, 0.717) is 6.54 Å². The molecule has 3 heterocycles. The fourth-order valence-electron chi connectivity index (χ4n) is 3.27. The number of nitrogens with zero attached hydrogens (tertiary/aromatic N) is 4. The molecule has 23 heavy (non-hydrogen) atoms. The van der Waals surface area contributed by atoms with Crippen LogP contribution in [0.25, 0.3) is 0 Å². The highest BCUT2D eigenvalue weighted by atomic mass is 32.1. The van der Waals surface area contributed by atoms with Crippen molar-refractivity contribution in [1.29, 1.82) is 0 Å². The van der Waals surface area contributed by atoms with Crippen molar-refractivity contribution in [3.63, 3.8) is 0 Å². The Hall–Kier alpha value is -1.66. The van der Waals surface area contributed by atoms with Gasteiger partial charge in [-0.3, -0.25) is 9.69 Å². The summed E-state index contributed by atoms with van der Waals surface area (Å²) < 4.78 is 2.06. The Morgan fingerprint density at radius 2 is 2.22 bits per heavy atom.